The quantitative estimate of drug-likeness (QED) is 0.834. The smallest absolute Gasteiger partial charge is 0.220 e. The zero-order valence-corrected chi connectivity index (χ0v) is 15.4. The fourth-order valence-electron chi connectivity index (χ4n) is 4.33. The lowest BCUT2D eigenvalue weighted by molar-refractivity contribution is -0.122. The molecule has 2 N–H and O–H groups in total. The number of carbonyl (C=O) groups excluding carboxylic acids is 1. The van der Waals surface area contributed by atoms with Gasteiger partial charge in [-0.15, -0.1) is 0 Å². The Bertz CT molecular complexity index is 534. The molecule has 138 valence electrons. The Kier molecular flexibility index (Phi) is 6.49. The fourth-order valence-corrected chi connectivity index (χ4v) is 4.33. The third-order valence-electron chi connectivity index (χ3n) is 6.16. The van der Waals surface area contributed by atoms with E-state index in [2.05, 4.69) is 47.9 Å². The van der Waals surface area contributed by atoms with Crippen LogP contribution in [0.5, 0.6) is 0 Å². The second-order valence-corrected chi connectivity index (χ2v) is 7.80. The molecule has 0 aromatic heterocycles. The van der Waals surface area contributed by atoms with Crippen LogP contribution >= 0.6 is 0 Å². The predicted octanol–water partition coefficient (Wildman–Crippen LogP) is 2.88. The molecule has 0 spiro atoms. The molecule has 1 amide bonds. The topological polar surface area (TPSA) is 50.4 Å². The van der Waals surface area contributed by atoms with Crippen LogP contribution in [0.1, 0.15) is 44.6 Å². The van der Waals surface area contributed by atoms with Gasteiger partial charge in [0.2, 0.25) is 5.91 Å². The Hall–Kier alpha value is -1.39. The summed E-state index contributed by atoms with van der Waals surface area (Å²) in [6.07, 6.45) is 4.98. The molecule has 2 saturated heterocycles. The van der Waals surface area contributed by atoms with Crippen molar-refractivity contribution in [3.63, 3.8) is 0 Å². The molecule has 2 aliphatic heterocycles. The summed E-state index contributed by atoms with van der Waals surface area (Å²) in [4.78, 5) is 12.6. The number of hydrogen-bond donors (Lipinski definition) is 2. The summed E-state index contributed by atoms with van der Waals surface area (Å²) >= 11 is 0. The molecule has 2 heterocycles. The van der Waals surface area contributed by atoms with Gasteiger partial charge in [0, 0.05) is 31.6 Å². The minimum Gasteiger partial charge on any atom is -0.381 e. The number of benzene rings is 1. The van der Waals surface area contributed by atoms with Crippen LogP contribution in [-0.2, 0) is 14.9 Å². The lowest BCUT2D eigenvalue weighted by atomic mass is 9.74. The highest BCUT2D eigenvalue weighted by molar-refractivity contribution is 5.76. The lowest BCUT2D eigenvalue weighted by Crippen LogP contribution is -2.45. The molecule has 0 radical (unpaired) electrons. The average Bonchev–Trinajstić information content (AvgIpc) is 2.68. The summed E-state index contributed by atoms with van der Waals surface area (Å²) in [7, 11) is 0. The fraction of sp³-hybridized carbons (Fsp3) is 0.667. The molecule has 1 atom stereocenters. The maximum absolute atomic E-state index is 12.6. The Morgan fingerprint density at radius 3 is 2.60 bits per heavy atom. The number of carbonyl (C=O) groups is 1. The van der Waals surface area contributed by atoms with E-state index >= 15 is 0 Å². The van der Waals surface area contributed by atoms with E-state index in [1.54, 1.807) is 0 Å². The van der Waals surface area contributed by atoms with Crippen molar-refractivity contribution in [1.29, 1.82) is 0 Å². The number of ether oxygens (including phenoxy) is 1. The largest absolute Gasteiger partial charge is 0.381 e. The first-order valence-corrected chi connectivity index (χ1v) is 9.80. The van der Waals surface area contributed by atoms with Gasteiger partial charge in [0.05, 0.1) is 0 Å². The van der Waals surface area contributed by atoms with Gasteiger partial charge in [-0.1, -0.05) is 37.3 Å². The molecule has 1 unspecified atom stereocenters. The van der Waals surface area contributed by atoms with E-state index in [9.17, 15) is 4.79 Å². The summed E-state index contributed by atoms with van der Waals surface area (Å²) in [6.45, 7) is 6.68. The zero-order valence-electron chi connectivity index (χ0n) is 15.4. The maximum Gasteiger partial charge on any atom is 0.220 e. The van der Waals surface area contributed by atoms with Crippen LogP contribution in [-0.4, -0.2) is 38.8 Å². The highest BCUT2D eigenvalue weighted by Crippen LogP contribution is 2.34. The van der Waals surface area contributed by atoms with Gasteiger partial charge in [-0.2, -0.15) is 0 Å². The molecular formula is C21H32N2O2. The first kappa shape index (κ1) is 18.4. The van der Waals surface area contributed by atoms with Gasteiger partial charge in [0.15, 0.2) is 0 Å². The highest BCUT2D eigenvalue weighted by atomic mass is 16.5. The van der Waals surface area contributed by atoms with Crippen LogP contribution in [0.25, 0.3) is 0 Å². The Morgan fingerprint density at radius 2 is 1.92 bits per heavy atom. The highest BCUT2D eigenvalue weighted by Gasteiger charge is 2.35. The van der Waals surface area contributed by atoms with Crippen molar-refractivity contribution < 1.29 is 9.53 Å². The first-order valence-electron chi connectivity index (χ1n) is 9.80. The van der Waals surface area contributed by atoms with Crippen molar-refractivity contribution in [1.82, 2.24) is 10.6 Å². The Labute approximate surface area is 151 Å². The summed E-state index contributed by atoms with van der Waals surface area (Å²) in [5, 5.41) is 6.65. The van der Waals surface area contributed by atoms with Crippen molar-refractivity contribution >= 4 is 5.91 Å². The molecule has 1 aromatic carbocycles. The Morgan fingerprint density at radius 1 is 1.24 bits per heavy atom. The van der Waals surface area contributed by atoms with Crippen molar-refractivity contribution in [2.24, 2.45) is 11.8 Å². The van der Waals surface area contributed by atoms with E-state index in [1.807, 2.05) is 0 Å². The minimum atomic E-state index is 0.0210. The van der Waals surface area contributed by atoms with Gasteiger partial charge in [0.1, 0.15) is 0 Å². The lowest BCUT2D eigenvalue weighted by Gasteiger charge is -2.38. The number of amides is 1. The molecule has 2 aliphatic rings. The predicted molar refractivity (Wildman–Crippen MR) is 101 cm³/mol. The van der Waals surface area contributed by atoms with Crippen molar-refractivity contribution in [2.45, 2.75) is 44.4 Å². The minimum absolute atomic E-state index is 0.0210. The van der Waals surface area contributed by atoms with Gasteiger partial charge in [-0.3, -0.25) is 4.79 Å². The second-order valence-electron chi connectivity index (χ2n) is 7.80. The van der Waals surface area contributed by atoms with Gasteiger partial charge in [0.25, 0.3) is 0 Å². The molecule has 1 aromatic rings. The van der Waals surface area contributed by atoms with Crippen molar-refractivity contribution in [2.75, 3.05) is 32.8 Å². The summed E-state index contributed by atoms with van der Waals surface area (Å²) in [6, 6.07) is 10.6. The molecule has 0 bridgehead atoms. The van der Waals surface area contributed by atoms with E-state index in [0.717, 1.165) is 45.7 Å². The third kappa shape index (κ3) is 4.83. The van der Waals surface area contributed by atoms with Crippen molar-refractivity contribution in [3.05, 3.63) is 35.9 Å². The van der Waals surface area contributed by atoms with Crippen LogP contribution in [0.2, 0.25) is 0 Å². The van der Waals surface area contributed by atoms with Gasteiger partial charge >= 0.3 is 0 Å². The van der Waals surface area contributed by atoms with E-state index in [4.69, 9.17) is 4.74 Å². The first-order chi connectivity index (χ1) is 12.2. The number of piperidine rings is 1. The monoisotopic (exact) mass is 344 g/mol. The van der Waals surface area contributed by atoms with Crippen LogP contribution in [0.3, 0.4) is 0 Å². The number of rotatable bonds is 6. The van der Waals surface area contributed by atoms with Crippen LogP contribution in [0.4, 0.5) is 0 Å². The molecule has 4 nitrogen and oxygen atoms in total. The van der Waals surface area contributed by atoms with Gasteiger partial charge < -0.3 is 15.4 Å². The molecule has 0 aliphatic carbocycles. The third-order valence-corrected chi connectivity index (χ3v) is 6.16. The molecule has 0 saturated carbocycles. The molecule has 3 rings (SSSR count). The average molecular weight is 344 g/mol. The molecule has 25 heavy (non-hydrogen) atoms. The molecule has 4 heteroatoms. The molecular weight excluding hydrogens is 312 g/mol. The van der Waals surface area contributed by atoms with E-state index in [-0.39, 0.29) is 11.3 Å². The van der Waals surface area contributed by atoms with E-state index < -0.39 is 0 Å². The van der Waals surface area contributed by atoms with Crippen molar-refractivity contribution in [3.8, 4) is 0 Å². The van der Waals surface area contributed by atoms with Crippen LogP contribution < -0.4 is 10.6 Å². The summed E-state index contributed by atoms with van der Waals surface area (Å²) in [5.41, 5.74) is 1.35. The Balaban J connectivity index is 1.56. The molecule has 2 fully saturated rings. The van der Waals surface area contributed by atoms with Gasteiger partial charge in [-0.05, 0) is 56.2 Å². The number of nitrogens with one attached hydrogen (secondary N) is 2. The second kappa shape index (κ2) is 8.81. The van der Waals surface area contributed by atoms with Crippen LogP contribution in [0, 0.1) is 11.8 Å². The zero-order chi connectivity index (χ0) is 17.5. The van der Waals surface area contributed by atoms with Crippen LogP contribution in [0.15, 0.2) is 30.3 Å². The normalized spacial score (nSPS) is 22.3. The SMILES string of the molecule is CC(CC(=O)NCC1(c2ccccc2)CCOCC1)C1CCNCC1. The van der Waals surface area contributed by atoms with E-state index in [0.29, 0.717) is 18.3 Å². The maximum atomic E-state index is 12.6. The van der Waals surface area contributed by atoms with E-state index in [1.165, 1.54) is 18.4 Å². The summed E-state index contributed by atoms with van der Waals surface area (Å²) in [5.74, 6) is 1.34. The summed E-state index contributed by atoms with van der Waals surface area (Å²) < 4.78 is 5.58. The number of hydrogen-bond acceptors (Lipinski definition) is 3. The van der Waals surface area contributed by atoms with Gasteiger partial charge in [-0.25, -0.2) is 0 Å². The standard InChI is InChI=1S/C21H32N2O2/c1-17(18-7-11-22-12-8-18)15-20(24)23-16-21(9-13-25-14-10-21)19-5-3-2-4-6-19/h2-6,17-18,22H,7-16H2,1H3,(H,23,24).